The van der Waals surface area contributed by atoms with Gasteiger partial charge in [-0.1, -0.05) is 30.3 Å². The molecular formula is C13H8N6S3. The summed E-state index contributed by atoms with van der Waals surface area (Å²) in [7, 11) is 0. The maximum absolute atomic E-state index is 4.66. The number of benzene rings is 1. The highest BCUT2D eigenvalue weighted by atomic mass is 32.2. The second kappa shape index (κ2) is 5.95. The average Bonchev–Trinajstić information content (AvgIpc) is 3.30. The van der Waals surface area contributed by atoms with Crippen LogP contribution in [-0.2, 0) is 0 Å². The van der Waals surface area contributed by atoms with Crippen LogP contribution >= 0.6 is 34.4 Å². The second-order valence-electron chi connectivity index (χ2n) is 4.20. The van der Waals surface area contributed by atoms with E-state index in [9.17, 15) is 0 Å². The fraction of sp³-hybridized carbons (Fsp3) is 0. The molecule has 0 fully saturated rings. The van der Waals surface area contributed by atoms with Crippen LogP contribution in [0.5, 0.6) is 0 Å². The highest BCUT2D eigenvalue weighted by Gasteiger charge is 2.11. The van der Waals surface area contributed by atoms with Gasteiger partial charge in [-0.25, -0.2) is 15.1 Å². The minimum atomic E-state index is 0.584. The summed E-state index contributed by atoms with van der Waals surface area (Å²) in [5.41, 5.74) is 2.13. The van der Waals surface area contributed by atoms with E-state index in [0.717, 1.165) is 24.8 Å². The molecule has 0 saturated heterocycles. The van der Waals surface area contributed by atoms with Gasteiger partial charge in [0.15, 0.2) is 9.35 Å². The van der Waals surface area contributed by atoms with E-state index in [-0.39, 0.29) is 0 Å². The van der Waals surface area contributed by atoms with Gasteiger partial charge in [0.05, 0.1) is 16.1 Å². The molecule has 0 aliphatic heterocycles. The van der Waals surface area contributed by atoms with Gasteiger partial charge in [-0.2, -0.15) is 0 Å². The Morgan fingerprint density at radius 3 is 2.86 bits per heavy atom. The normalized spacial score (nSPS) is 10.9. The Hall–Kier alpha value is -2.10. The Bertz CT molecular complexity index is 868. The van der Waals surface area contributed by atoms with Crippen molar-refractivity contribution in [3.8, 4) is 22.1 Å². The predicted octanol–water partition coefficient (Wildman–Crippen LogP) is 3.60. The zero-order valence-corrected chi connectivity index (χ0v) is 13.5. The van der Waals surface area contributed by atoms with E-state index in [1.165, 1.54) is 11.3 Å². The first kappa shape index (κ1) is 13.6. The maximum Gasteiger partial charge on any atom is 0.208 e. The highest BCUT2D eigenvalue weighted by Crippen LogP contribution is 2.37. The molecule has 9 heteroatoms. The minimum absolute atomic E-state index is 0.584. The lowest BCUT2D eigenvalue weighted by Crippen LogP contribution is -1.76. The lowest BCUT2D eigenvalue weighted by molar-refractivity contribution is 0.881. The van der Waals surface area contributed by atoms with Crippen LogP contribution in [0, 0.1) is 0 Å². The van der Waals surface area contributed by atoms with E-state index >= 15 is 0 Å². The average molecular weight is 344 g/mol. The third kappa shape index (κ3) is 2.78. The van der Waals surface area contributed by atoms with Gasteiger partial charge < -0.3 is 0 Å². The van der Waals surface area contributed by atoms with Crippen LogP contribution in [-0.4, -0.2) is 30.6 Å². The number of hydrogen-bond donors (Lipinski definition) is 1. The number of hydrogen-bond acceptors (Lipinski definition) is 8. The van der Waals surface area contributed by atoms with Crippen molar-refractivity contribution >= 4 is 34.4 Å². The van der Waals surface area contributed by atoms with Crippen molar-refractivity contribution in [2.75, 3.05) is 0 Å². The third-order valence-corrected chi connectivity index (χ3v) is 5.82. The summed E-state index contributed by atoms with van der Waals surface area (Å²) in [5, 5.41) is 16.5. The number of aromatic amines is 1. The van der Waals surface area contributed by atoms with Crippen molar-refractivity contribution in [1.82, 2.24) is 30.6 Å². The predicted molar refractivity (Wildman–Crippen MR) is 87.0 cm³/mol. The van der Waals surface area contributed by atoms with Crippen molar-refractivity contribution in [3.63, 3.8) is 0 Å². The molecule has 0 atom stereocenters. The largest absolute Gasteiger partial charge is 0.240 e. The number of H-pyrrole nitrogens is 1. The van der Waals surface area contributed by atoms with Crippen LogP contribution in [0.3, 0.4) is 0 Å². The topological polar surface area (TPSA) is 80.2 Å². The monoisotopic (exact) mass is 344 g/mol. The first-order chi connectivity index (χ1) is 10.9. The van der Waals surface area contributed by atoms with E-state index in [4.69, 9.17) is 0 Å². The van der Waals surface area contributed by atoms with E-state index in [2.05, 4.69) is 48.1 Å². The van der Waals surface area contributed by atoms with Crippen LogP contribution in [0.1, 0.15) is 0 Å². The summed E-state index contributed by atoms with van der Waals surface area (Å²) in [5.74, 6) is 0.584. The summed E-state index contributed by atoms with van der Waals surface area (Å²) in [6, 6.07) is 10.2. The van der Waals surface area contributed by atoms with Crippen LogP contribution in [0.15, 0.2) is 50.5 Å². The summed E-state index contributed by atoms with van der Waals surface area (Å²) in [6.45, 7) is 0. The van der Waals surface area contributed by atoms with E-state index in [1.54, 1.807) is 23.1 Å². The van der Waals surface area contributed by atoms with Gasteiger partial charge in [-0.3, -0.25) is 0 Å². The van der Waals surface area contributed by atoms with Crippen LogP contribution in [0.2, 0.25) is 0 Å². The summed E-state index contributed by atoms with van der Waals surface area (Å²) >= 11 is 4.77. The highest BCUT2D eigenvalue weighted by molar-refractivity contribution is 8.02. The van der Waals surface area contributed by atoms with Crippen LogP contribution in [0.25, 0.3) is 22.1 Å². The molecule has 3 heterocycles. The molecule has 4 rings (SSSR count). The zero-order valence-electron chi connectivity index (χ0n) is 11.0. The lowest BCUT2D eigenvalue weighted by atomic mass is 10.2. The van der Waals surface area contributed by atoms with Gasteiger partial charge in [-0.05, 0) is 22.2 Å². The molecule has 1 N–H and O–H groups in total. The fourth-order valence-corrected chi connectivity index (χ4v) is 4.76. The van der Waals surface area contributed by atoms with Crippen molar-refractivity contribution in [3.05, 3.63) is 41.9 Å². The smallest absolute Gasteiger partial charge is 0.208 e. The maximum atomic E-state index is 4.66. The molecular weight excluding hydrogens is 336 g/mol. The number of nitrogens with one attached hydrogen (secondary N) is 1. The molecule has 3 aromatic heterocycles. The molecule has 1 aromatic carbocycles. The standard InChI is InChI=1S/C13H8N6S3/c1-2-4-8(5-3-1)9-7-20-13(15-9)22-10-6-14-12(21-10)11-16-18-19-17-11/h1-7H,(H,16,17,18,19). The second-order valence-corrected chi connectivity index (χ2v) is 7.64. The number of aromatic nitrogens is 6. The SMILES string of the molecule is c1ccc(-c2csc(Sc3cnc(-c4nnn[nH]4)s3)n2)cc1. The van der Waals surface area contributed by atoms with Gasteiger partial charge in [0.2, 0.25) is 5.82 Å². The lowest BCUT2D eigenvalue weighted by Gasteiger charge is -1.94. The number of nitrogens with zero attached hydrogens (tertiary/aromatic N) is 5. The first-order valence-electron chi connectivity index (χ1n) is 6.27. The Morgan fingerprint density at radius 2 is 2.05 bits per heavy atom. The number of thiazole rings is 2. The molecule has 0 aliphatic carbocycles. The van der Waals surface area contributed by atoms with E-state index in [1.807, 2.05) is 24.4 Å². The summed E-state index contributed by atoms with van der Waals surface area (Å²) in [6.07, 6.45) is 1.82. The van der Waals surface area contributed by atoms with Crippen molar-refractivity contribution in [1.29, 1.82) is 0 Å². The molecule has 4 aromatic rings. The molecule has 0 unspecified atom stereocenters. The fourth-order valence-electron chi connectivity index (χ4n) is 1.80. The van der Waals surface area contributed by atoms with E-state index in [0.29, 0.717) is 5.82 Å². The molecule has 108 valence electrons. The van der Waals surface area contributed by atoms with Crippen molar-refractivity contribution in [2.45, 2.75) is 8.55 Å². The molecule has 0 saturated carbocycles. The van der Waals surface area contributed by atoms with Crippen molar-refractivity contribution in [2.24, 2.45) is 0 Å². The third-order valence-electron chi connectivity index (χ3n) is 2.77. The van der Waals surface area contributed by atoms with Crippen LogP contribution < -0.4 is 0 Å². The molecule has 0 spiro atoms. The summed E-state index contributed by atoms with van der Waals surface area (Å²) < 4.78 is 2.05. The molecule has 0 amide bonds. The van der Waals surface area contributed by atoms with Gasteiger partial charge in [0, 0.05) is 10.9 Å². The van der Waals surface area contributed by atoms with Crippen molar-refractivity contribution < 1.29 is 0 Å². The van der Waals surface area contributed by atoms with Gasteiger partial charge >= 0.3 is 0 Å². The quantitative estimate of drug-likeness (QED) is 0.609. The molecule has 0 bridgehead atoms. The zero-order chi connectivity index (χ0) is 14.8. The van der Waals surface area contributed by atoms with Gasteiger partial charge in [0.25, 0.3) is 0 Å². The molecule has 0 aliphatic rings. The Labute approximate surface area is 137 Å². The minimum Gasteiger partial charge on any atom is -0.240 e. The molecule has 22 heavy (non-hydrogen) atoms. The van der Waals surface area contributed by atoms with E-state index < -0.39 is 0 Å². The van der Waals surface area contributed by atoms with Gasteiger partial charge in [-0.15, -0.1) is 27.8 Å². The Kier molecular flexibility index (Phi) is 3.67. The Morgan fingerprint density at radius 1 is 1.14 bits per heavy atom. The van der Waals surface area contributed by atoms with Crippen LogP contribution in [0.4, 0.5) is 0 Å². The summed E-state index contributed by atoms with van der Waals surface area (Å²) in [4.78, 5) is 8.98. The first-order valence-corrected chi connectivity index (χ1v) is 8.78. The van der Waals surface area contributed by atoms with Gasteiger partial charge in [0.1, 0.15) is 0 Å². The number of tetrazole rings is 1. The Balaban J connectivity index is 1.54. The molecule has 0 radical (unpaired) electrons. The molecule has 6 nitrogen and oxygen atoms in total. The number of rotatable bonds is 4.